The van der Waals surface area contributed by atoms with Crippen molar-refractivity contribution < 1.29 is 17.1 Å². The molecule has 6 heteroatoms. The number of imidazole rings is 1. The first-order valence-electron chi connectivity index (χ1n) is 17.2. The molecule has 0 N–H and O–H groups in total. The van der Waals surface area contributed by atoms with Gasteiger partial charge in [0, 0.05) is 17.6 Å². The van der Waals surface area contributed by atoms with Crippen LogP contribution >= 0.6 is 0 Å². The van der Waals surface area contributed by atoms with E-state index in [1.807, 2.05) is 30.3 Å². The second-order valence-electron chi connectivity index (χ2n) is 13.9. The number of nitrogens with zero attached hydrogens (tertiary/aromatic N) is 5. The molecule has 2 aromatic heterocycles. The van der Waals surface area contributed by atoms with Crippen molar-refractivity contribution >= 4 is 33.2 Å². The molecule has 0 spiro atoms. The first-order valence-corrected chi connectivity index (χ1v) is 17.2. The third kappa shape index (κ3) is 7.61. The van der Waals surface area contributed by atoms with Crippen LogP contribution in [0, 0.1) is 6.67 Å². The number of para-hydroxylation sites is 2. The average Bonchev–Trinajstić information content (AvgIpc) is 3.74. The van der Waals surface area contributed by atoms with E-state index in [4.69, 9.17) is 0 Å². The third-order valence-corrected chi connectivity index (χ3v) is 9.03. The Balaban J connectivity index is 0.000000202. The fourth-order valence-electron chi connectivity index (χ4n) is 6.50. The van der Waals surface area contributed by atoms with Crippen LogP contribution in [0.5, 0.6) is 0 Å². The Labute approximate surface area is 303 Å². The van der Waals surface area contributed by atoms with E-state index in [0.717, 1.165) is 16.7 Å². The van der Waals surface area contributed by atoms with Gasteiger partial charge < -0.3 is 19.8 Å². The SMILES string of the molecule is CC(C)c1cccc(C(C)C)c1N1C=CN(c2c(C(C)C)cccc2C(C)C)[CH-]1.[Cu+2].c1ccc(-c2nc3cc4ccccc4cc3[n-]2)nc1. The van der Waals surface area contributed by atoms with E-state index in [1.54, 1.807) is 6.20 Å². The van der Waals surface area contributed by atoms with Crippen LogP contribution in [0.15, 0.2) is 110 Å². The summed E-state index contributed by atoms with van der Waals surface area (Å²) in [7, 11) is 0. The minimum Gasteiger partial charge on any atom is -0.479 e. The normalized spacial score (nSPS) is 12.8. The molecule has 0 atom stereocenters. The van der Waals surface area contributed by atoms with Crippen LogP contribution < -0.4 is 14.8 Å². The van der Waals surface area contributed by atoms with E-state index < -0.39 is 0 Å². The molecule has 4 aromatic carbocycles. The molecule has 7 rings (SSSR count). The molecule has 5 nitrogen and oxygen atoms in total. The topological polar surface area (TPSA) is 46.4 Å². The van der Waals surface area contributed by atoms with Crippen molar-refractivity contribution in [1.82, 2.24) is 15.0 Å². The van der Waals surface area contributed by atoms with Crippen molar-refractivity contribution in [3.8, 4) is 11.5 Å². The van der Waals surface area contributed by atoms with Crippen LogP contribution in [0.4, 0.5) is 11.4 Å². The number of benzene rings is 4. The minimum absolute atomic E-state index is 0. The quantitative estimate of drug-likeness (QED) is 0.123. The summed E-state index contributed by atoms with van der Waals surface area (Å²) >= 11 is 0. The van der Waals surface area contributed by atoms with Gasteiger partial charge in [0.15, 0.2) is 0 Å². The maximum Gasteiger partial charge on any atom is 2.00 e. The second kappa shape index (κ2) is 15.4. The van der Waals surface area contributed by atoms with Gasteiger partial charge in [-0.1, -0.05) is 134 Å². The molecule has 1 radical (unpaired) electrons. The molecule has 0 bridgehead atoms. The molecule has 0 unspecified atom stereocenters. The van der Waals surface area contributed by atoms with Gasteiger partial charge in [0.2, 0.25) is 0 Å². The molecule has 0 fully saturated rings. The third-order valence-electron chi connectivity index (χ3n) is 9.03. The summed E-state index contributed by atoms with van der Waals surface area (Å²) in [6.45, 7) is 20.5. The molecule has 0 saturated heterocycles. The molecule has 255 valence electrons. The van der Waals surface area contributed by atoms with Gasteiger partial charge in [-0.05, 0) is 98.1 Å². The summed E-state index contributed by atoms with van der Waals surface area (Å²) in [5, 5.41) is 2.37. The van der Waals surface area contributed by atoms with Gasteiger partial charge in [0.05, 0.1) is 5.69 Å². The molecule has 6 aromatic rings. The Morgan fingerprint density at radius 1 is 0.571 bits per heavy atom. The Kier molecular flexibility index (Phi) is 11.3. The van der Waals surface area contributed by atoms with Gasteiger partial charge in [0.1, 0.15) is 0 Å². The van der Waals surface area contributed by atoms with Crippen LogP contribution in [-0.2, 0) is 17.1 Å². The second-order valence-corrected chi connectivity index (χ2v) is 13.9. The fraction of sp³-hybridized carbons (Fsp3) is 0.279. The molecule has 49 heavy (non-hydrogen) atoms. The van der Waals surface area contributed by atoms with Crippen molar-refractivity contribution in [2.75, 3.05) is 9.80 Å². The Morgan fingerprint density at radius 2 is 1.04 bits per heavy atom. The first-order chi connectivity index (χ1) is 23.1. The standard InChI is InChI=1S/C27H37N2.C16H10N3.Cu/c1-18(2)22-11-9-12-23(19(3)4)26(22)28-15-16-29(17-28)27-24(20(5)6)13-10-14-25(27)21(7)8;1-2-6-12-10-15-14(9-11(12)5-1)18-16(19-15)13-7-3-4-8-17-13;/h9-21H,1-8H3;1-10H;/q2*-1;+2. The van der Waals surface area contributed by atoms with E-state index in [-0.39, 0.29) is 17.1 Å². The maximum atomic E-state index is 4.56. The van der Waals surface area contributed by atoms with Crippen molar-refractivity contribution in [3.05, 3.63) is 139 Å². The maximum absolute atomic E-state index is 4.56. The molecular weight excluding hydrogens is 650 g/mol. The number of rotatable bonds is 7. The molecule has 1 aliphatic rings. The molecule has 0 aliphatic carbocycles. The van der Waals surface area contributed by atoms with Crippen molar-refractivity contribution in [2.24, 2.45) is 0 Å². The number of anilines is 2. The number of fused-ring (bicyclic) bond motifs is 2. The summed E-state index contributed by atoms with van der Waals surface area (Å²) in [5.41, 5.74) is 10.9. The van der Waals surface area contributed by atoms with Gasteiger partial charge in [0.25, 0.3) is 0 Å². The van der Waals surface area contributed by atoms with E-state index in [0.29, 0.717) is 29.5 Å². The van der Waals surface area contributed by atoms with Crippen LogP contribution in [0.2, 0.25) is 0 Å². The summed E-state index contributed by atoms with van der Waals surface area (Å²) < 4.78 is 0. The zero-order valence-corrected chi connectivity index (χ0v) is 30.8. The smallest absolute Gasteiger partial charge is 0.479 e. The fourth-order valence-corrected chi connectivity index (χ4v) is 6.50. The monoisotopic (exact) mass is 696 g/mol. The average molecular weight is 697 g/mol. The Hall–Kier alpha value is -4.38. The van der Waals surface area contributed by atoms with E-state index in [9.17, 15) is 0 Å². The van der Waals surface area contributed by atoms with Gasteiger partial charge in [-0.25, -0.2) is 0 Å². The summed E-state index contributed by atoms with van der Waals surface area (Å²) in [5.74, 6) is 2.61. The predicted molar refractivity (Wildman–Crippen MR) is 203 cm³/mol. The van der Waals surface area contributed by atoms with Gasteiger partial charge in [-0.3, -0.25) is 4.98 Å². The molecule has 0 saturated carbocycles. The van der Waals surface area contributed by atoms with E-state index in [2.05, 4.69) is 160 Å². The number of hydrogen-bond donors (Lipinski definition) is 0. The number of pyridine rings is 1. The molecule has 3 heterocycles. The predicted octanol–water partition coefficient (Wildman–Crippen LogP) is 11.5. The first kappa shape index (κ1) is 35.9. The molecule has 0 amide bonds. The van der Waals surface area contributed by atoms with Crippen LogP contribution in [0.25, 0.3) is 33.3 Å². The van der Waals surface area contributed by atoms with E-state index in [1.165, 1.54) is 44.4 Å². The number of aromatic nitrogens is 3. The summed E-state index contributed by atoms with van der Waals surface area (Å²) in [4.78, 5) is 18.1. The molecular formula is C43H47CuN5. The van der Waals surface area contributed by atoms with E-state index >= 15 is 0 Å². The van der Waals surface area contributed by atoms with Crippen molar-refractivity contribution in [1.29, 1.82) is 0 Å². The van der Waals surface area contributed by atoms with Crippen molar-refractivity contribution in [3.63, 3.8) is 0 Å². The zero-order valence-electron chi connectivity index (χ0n) is 29.8. The molecule has 1 aliphatic heterocycles. The summed E-state index contributed by atoms with van der Waals surface area (Å²) in [6, 6.07) is 31.7. The minimum atomic E-state index is 0. The van der Waals surface area contributed by atoms with Crippen LogP contribution in [0.3, 0.4) is 0 Å². The van der Waals surface area contributed by atoms with Crippen molar-refractivity contribution in [2.45, 2.75) is 79.1 Å². The Bertz CT molecular complexity index is 1860. The van der Waals surface area contributed by atoms with Gasteiger partial charge >= 0.3 is 17.1 Å². The largest absolute Gasteiger partial charge is 2.00 e. The van der Waals surface area contributed by atoms with Gasteiger partial charge in [-0.2, -0.15) is 0 Å². The van der Waals surface area contributed by atoms with Gasteiger partial charge in [-0.15, -0.1) is 6.67 Å². The van der Waals surface area contributed by atoms with Crippen LogP contribution in [-0.4, -0.2) is 9.97 Å². The summed E-state index contributed by atoms with van der Waals surface area (Å²) in [6.07, 6.45) is 6.19. The van der Waals surface area contributed by atoms with Crippen LogP contribution in [0.1, 0.15) is 101 Å². The number of hydrogen-bond acceptors (Lipinski definition) is 4. The zero-order chi connectivity index (χ0) is 33.9. The Morgan fingerprint density at radius 3 is 1.49 bits per heavy atom.